The van der Waals surface area contributed by atoms with Gasteiger partial charge < -0.3 is 5.11 Å². The molecule has 1 N–H and O–H groups in total. The van der Waals surface area contributed by atoms with Crippen molar-refractivity contribution in [1.29, 1.82) is 0 Å². The number of hydrogen-bond acceptors (Lipinski definition) is 3. The summed E-state index contributed by atoms with van der Waals surface area (Å²) in [4.78, 5) is 36.5. The van der Waals surface area contributed by atoms with Gasteiger partial charge in [0.2, 0.25) is 11.8 Å². The highest BCUT2D eigenvalue weighted by atomic mass is 16.4. The van der Waals surface area contributed by atoms with Crippen LogP contribution in [0.3, 0.4) is 0 Å². The van der Waals surface area contributed by atoms with E-state index in [0.717, 1.165) is 25.7 Å². The molecular weight excluding hydrogens is 270 g/mol. The first-order valence-corrected chi connectivity index (χ1v) is 7.97. The van der Waals surface area contributed by atoms with Crippen LogP contribution in [0.2, 0.25) is 0 Å². The Balaban J connectivity index is 1.82. The van der Waals surface area contributed by atoms with Gasteiger partial charge in [-0.25, -0.2) is 0 Å². The molecule has 2 rings (SSSR count). The van der Waals surface area contributed by atoms with Gasteiger partial charge in [-0.15, -0.1) is 0 Å². The van der Waals surface area contributed by atoms with Gasteiger partial charge in [-0.3, -0.25) is 19.3 Å². The number of carboxylic acids is 1. The number of piperidine rings is 1. The van der Waals surface area contributed by atoms with Crippen LogP contribution < -0.4 is 0 Å². The molecule has 2 fully saturated rings. The highest BCUT2D eigenvalue weighted by Gasteiger charge is 2.44. The molecule has 0 aromatic carbocycles. The standard InChI is InChI=1S/C16H25NO4/c1-12(4-5-15(20)21)6-9-17-13(18)10-16(11-14(17)19)7-2-3-8-16/h12H,2-11H2,1H3,(H,20,21). The van der Waals surface area contributed by atoms with E-state index >= 15 is 0 Å². The molecule has 1 spiro atoms. The van der Waals surface area contributed by atoms with E-state index in [4.69, 9.17) is 5.11 Å². The van der Waals surface area contributed by atoms with Crippen LogP contribution in [0.4, 0.5) is 0 Å². The maximum absolute atomic E-state index is 12.3. The van der Waals surface area contributed by atoms with E-state index in [1.54, 1.807) is 0 Å². The predicted octanol–water partition coefficient (Wildman–Crippen LogP) is 2.59. The van der Waals surface area contributed by atoms with Crippen LogP contribution in [0.1, 0.15) is 64.7 Å². The molecular formula is C16H25NO4. The third-order valence-corrected chi connectivity index (χ3v) is 5.02. The largest absolute Gasteiger partial charge is 0.481 e. The Morgan fingerprint density at radius 1 is 1.19 bits per heavy atom. The second-order valence-electron chi connectivity index (χ2n) is 6.83. The monoisotopic (exact) mass is 295 g/mol. The van der Waals surface area contributed by atoms with Gasteiger partial charge in [-0.05, 0) is 37.0 Å². The Hall–Kier alpha value is -1.39. The Kier molecular flexibility index (Phi) is 5.01. The molecule has 1 aliphatic carbocycles. The normalized spacial score (nSPS) is 22.8. The zero-order valence-corrected chi connectivity index (χ0v) is 12.8. The molecule has 0 bridgehead atoms. The van der Waals surface area contributed by atoms with Crippen molar-refractivity contribution in [1.82, 2.24) is 4.90 Å². The minimum atomic E-state index is -0.796. The molecule has 5 nitrogen and oxygen atoms in total. The molecule has 1 aliphatic heterocycles. The van der Waals surface area contributed by atoms with Crippen molar-refractivity contribution in [2.24, 2.45) is 11.3 Å². The molecule has 1 atom stereocenters. The molecule has 1 unspecified atom stereocenters. The van der Waals surface area contributed by atoms with E-state index in [0.29, 0.717) is 32.2 Å². The summed E-state index contributed by atoms with van der Waals surface area (Å²) >= 11 is 0. The number of carboxylic acid groups (broad SMARTS) is 1. The number of aliphatic carboxylic acids is 1. The summed E-state index contributed by atoms with van der Waals surface area (Å²) in [6, 6.07) is 0. The fourth-order valence-corrected chi connectivity index (χ4v) is 3.63. The molecule has 1 saturated carbocycles. The Labute approximate surface area is 125 Å². The molecule has 0 radical (unpaired) electrons. The third kappa shape index (κ3) is 4.05. The van der Waals surface area contributed by atoms with E-state index in [9.17, 15) is 14.4 Å². The Morgan fingerprint density at radius 3 is 2.29 bits per heavy atom. The van der Waals surface area contributed by atoms with E-state index in [1.165, 1.54) is 4.90 Å². The molecule has 5 heteroatoms. The molecule has 1 saturated heterocycles. The van der Waals surface area contributed by atoms with Crippen LogP contribution in [-0.2, 0) is 14.4 Å². The topological polar surface area (TPSA) is 74.7 Å². The number of likely N-dealkylation sites (tertiary alicyclic amines) is 1. The SMILES string of the molecule is CC(CCC(=O)O)CCN1C(=O)CC2(CCCC2)CC1=O. The third-order valence-electron chi connectivity index (χ3n) is 5.02. The average molecular weight is 295 g/mol. The van der Waals surface area contributed by atoms with Gasteiger partial charge in [0, 0.05) is 25.8 Å². The number of rotatable bonds is 6. The lowest BCUT2D eigenvalue weighted by atomic mass is 9.76. The summed E-state index contributed by atoms with van der Waals surface area (Å²) in [6.07, 6.45) is 6.74. The summed E-state index contributed by atoms with van der Waals surface area (Å²) in [5.74, 6) is -0.642. The van der Waals surface area contributed by atoms with Gasteiger partial charge in [-0.2, -0.15) is 0 Å². The molecule has 21 heavy (non-hydrogen) atoms. The second kappa shape index (κ2) is 6.58. The van der Waals surface area contributed by atoms with Crippen molar-refractivity contribution in [2.75, 3.05) is 6.54 Å². The zero-order valence-electron chi connectivity index (χ0n) is 12.8. The number of carbonyl (C=O) groups excluding carboxylic acids is 2. The Morgan fingerprint density at radius 2 is 1.76 bits per heavy atom. The van der Waals surface area contributed by atoms with Crippen molar-refractivity contribution in [3.63, 3.8) is 0 Å². The maximum Gasteiger partial charge on any atom is 0.303 e. The van der Waals surface area contributed by atoms with Gasteiger partial charge in [0.15, 0.2) is 0 Å². The minimum absolute atomic E-state index is 0.0291. The first-order chi connectivity index (χ1) is 9.92. The molecule has 0 aromatic rings. The lowest BCUT2D eigenvalue weighted by Gasteiger charge is -2.37. The summed E-state index contributed by atoms with van der Waals surface area (Å²) in [7, 11) is 0. The predicted molar refractivity (Wildman–Crippen MR) is 77.5 cm³/mol. The minimum Gasteiger partial charge on any atom is -0.481 e. The van der Waals surface area contributed by atoms with Crippen LogP contribution in [0.25, 0.3) is 0 Å². The molecule has 118 valence electrons. The number of carbonyl (C=O) groups is 3. The van der Waals surface area contributed by atoms with Crippen LogP contribution in [-0.4, -0.2) is 34.3 Å². The van der Waals surface area contributed by atoms with E-state index < -0.39 is 5.97 Å². The number of imide groups is 1. The van der Waals surface area contributed by atoms with Gasteiger partial charge in [-0.1, -0.05) is 19.8 Å². The van der Waals surface area contributed by atoms with Gasteiger partial charge in [0.05, 0.1) is 0 Å². The summed E-state index contributed by atoms with van der Waals surface area (Å²) in [5, 5.41) is 8.66. The van der Waals surface area contributed by atoms with E-state index in [-0.39, 0.29) is 29.6 Å². The fourth-order valence-electron chi connectivity index (χ4n) is 3.63. The van der Waals surface area contributed by atoms with Gasteiger partial charge >= 0.3 is 5.97 Å². The quantitative estimate of drug-likeness (QED) is 0.764. The summed E-state index contributed by atoms with van der Waals surface area (Å²) < 4.78 is 0. The van der Waals surface area contributed by atoms with Crippen molar-refractivity contribution < 1.29 is 19.5 Å². The smallest absolute Gasteiger partial charge is 0.303 e. The first-order valence-electron chi connectivity index (χ1n) is 7.97. The van der Waals surface area contributed by atoms with Crippen LogP contribution in [0.15, 0.2) is 0 Å². The number of hydrogen-bond donors (Lipinski definition) is 1. The van der Waals surface area contributed by atoms with Gasteiger partial charge in [0.1, 0.15) is 0 Å². The highest BCUT2D eigenvalue weighted by molar-refractivity contribution is 5.98. The highest BCUT2D eigenvalue weighted by Crippen LogP contribution is 2.46. The van der Waals surface area contributed by atoms with Crippen molar-refractivity contribution in [2.45, 2.75) is 64.7 Å². The van der Waals surface area contributed by atoms with E-state index in [1.807, 2.05) is 6.92 Å². The zero-order chi connectivity index (χ0) is 15.5. The van der Waals surface area contributed by atoms with Crippen LogP contribution in [0, 0.1) is 11.3 Å². The lowest BCUT2D eigenvalue weighted by molar-refractivity contribution is -0.153. The number of amides is 2. The molecule has 1 heterocycles. The molecule has 2 aliphatic rings. The summed E-state index contributed by atoms with van der Waals surface area (Å²) in [5.41, 5.74) is -0.0421. The van der Waals surface area contributed by atoms with Crippen molar-refractivity contribution in [3.8, 4) is 0 Å². The second-order valence-corrected chi connectivity index (χ2v) is 6.83. The Bertz CT molecular complexity index is 406. The van der Waals surface area contributed by atoms with Gasteiger partial charge in [0.25, 0.3) is 0 Å². The lowest BCUT2D eigenvalue weighted by Crippen LogP contribution is -2.47. The number of nitrogens with zero attached hydrogens (tertiary/aromatic N) is 1. The van der Waals surface area contributed by atoms with Crippen LogP contribution >= 0.6 is 0 Å². The van der Waals surface area contributed by atoms with Crippen LogP contribution in [0.5, 0.6) is 0 Å². The molecule has 0 aromatic heterocycles. The first kappa shape index (κ1) is 16.0. The average Bonchev–Trinajstić information content (AvgIpc) is 2.83. The van der Waals surface area contributed by atoms with E-state index in [2.05, 4.69) is 0 Å². The van der Waals surface area contributed by atoms with Crippen molar-refractivity contribution in [3.05, 3.63) is 0 Å². The van der Waals surface area contributed by atoms with Crippen molar-refractivity contribution >= 4 is 17.8 Å². The maximum atomic E-state index is 12.3. The fraction of sp³-hybridized carbons (Fsp3) is 0.812. The summed E-state index contributed by atoms with van der Waals surface area (Å²) in [6.45, 7) is 2.41. The molecule has 2 amide bonds.